The number of aliphatic hydroxyl groups is 1. The quantitative estimate of drug-likeness (QED) is 0.530. The fourth-order valence-electron chi connectivity index (χ4n) is 1.79. The zero-order valence-electron chi connectivity index (χ0n) is 8.54. The van der Waals surface area contributed by atoms with E-state index in [4.69, 9.17) is 0 Å². The molecule has 0 aromatic rings. The highest BCUT2D eigenvalue weighted by atomic mass is 16.6. The van der Waals surface area contributed by atoms with Crippen LogP contribution in [0.15, 0.2) is 4.99 Å². The second-order valence-electron chi connectivity index (χ2n) is 3.39. The standard InChI is InChI=1S/C8H15N3O3/c1-4-7-8(11(13)14)10(6(3)12)5(2)9-7/h6-8,12H,4H2,1-3H3. The first-order valence-electron chi connectivity index (χ1n) is 4.63. The molecule has 80 valence electrons. The van der Waals surface area contributed by atoms with Crippen molar-refractivity contribution in [3.63, 3.8) is 0 Å². The maximum atomic E-state index is 10.8. The molecule has 3 atom stereocenters. The van der Waals surface area contributed by atoms with Gasteiger partial charge >= 0.3 is 6.17 Å². The third-order valence-electron chi connectivity index (χ3n) is 2.39. The minimum absolute atomic E-state index is 0.348. The normalized spacial score (nSPS) is 28.9. The summed E-state index contributed by atoms with van der Waals surface area (Å²) in [6.45, 7) is 5.04. The van der Waals surface area contributed by atoms with Gasteiger partial charge in [0.25, 0.3) is 0 Å². The van der Waals surface area contributed by atoms with Crippen molar-refractivity contribution in [3.8, 4) is 0 Å². The maximum absolute atomic E-state index is 10.8. The smallest absolute Gasteiger partial charge is 0.312 e. The summed E-state index contributed by atoms with van der Waals surface area (Å²) in [5.74, 6) is 0.536. The fourth-order valence-corrected chi connectivity index (χ4v) is 1.79. The van der Waals surface area contributed by atoms with Crippen molar-refractivity contribution in [3.05, 3.63) is 10.1 Å². The zero-order valence-corrected chi connectivity index (χ0v) is 8.54. The van der Waals surface area contributed by atoms with Crippen LogP contribution < -0.4 is 0 Å². The summed E-state index contributed by atoms with van der Waals surface area (Å²) < 4.78 is 0. The van der Waals surface area contributed by atoms with Gasteiger partial charge in [0.15, 0.2) is 0 Å². The highest BCUT2D eigenvalue weighted by molar-refractivity contribution is 5.82. The number of amidine groups is 1. The molecule has 0 saturated heterocycles. The SMILES string of the molecule is CCC1N=C(C)N(C(C)O)C1[N+](=O)[O-]. The minimum Gasteiger partial charge on any atom is -0.374 e. The molecule has 6 nitrogen and oxygen atoms in total. The Labute approximate surface area is 82.4 Å². The number of nitro groups is 1. The number of nitrogens with zero attached hydrogens (tertiary/aromatic N) is 3. The van der Waals surface area contributed by atoms with E-state index in [0.29, 0.717) is 12.3 Å². The summed E-state index contributed by atoms with van der Waals surface area (Å²) in [6, 6.07) is -0.348. The average Bonchev–Trinajstić information content (AvgIpc) is 2.41. The predicted octanol–water partition coefficient (Wildman–Crippen LogP) is 0.440. The molecule has 0 spiro atoms. The maximum Gasteiger partial charge on any atom is 0.312 e. The highest BCUT2D eigenvalue weighted by Gasteiger charge is 2.44. The van der Waals surface area contributed by atoms with Gasteiger partial charge in [-0.25, -0.2) is 0 Å². The summed E-state index contributed by atoms with van der Waals surface area (Å²) in [6.07, 6.45) is -1.18. The van der Waals surface area contributed by atoms with E-state index < -0.39 is 12.4 Å². The van der Waals surface area contributed by atoms with Crippen LogP contribution in [0.25, 0.3) is 0 Å². The molecule has 1 N–H and O–H groups in total. The van der Waals surface area contributed by atoms with Gasteiger partial charge in [-0.3, -0.25) is 20.0 Å². The van der Waals surface area contributed by atoms with Gasteiger partial charge in [0.1, 0.15) is 18.1 Å². The molecule has 6 heteroatoms. The number of aliphatic imine (C=N–C) groups is 1. The van der Waals surface area contributed by atoms with Crippen LogP contribution in [0.5, 0.6) is 0 Å². The van der Waals surface area contributed by atoms with Crippen molar-refractivity contribution >= 4 is 5.84 Å². The van der Waals surface area contributed by atoms with Gasteiger partial charge in [-0.15, -0.1) is 0 Å². The lowest BCUT2D eigenvalue weighted by Gasteiger charge is -2.25. The van der Waals surface area contributed by atoms with Crippen LogP contribution in [0, 0.1) is 10.1 Å². The molecule has 0 amide bonds. The number of hydrogen-bond acceptors (Lipinski definition) is 5. The van der Waals surface area contributed by atoms with Crippen LogP contribution in [0.3, 0.4) is 0 Å². The van der Waals surface area contributed by atoms with E-state index in [0.717, 1.165) is 0 Å². The highest BCUT2D eigenvalue weighted by Crippen LogP contribution is 2.22. The second kappa shape index (κ2) is 3.91. The lowest BCUT2D eigenvalue weighted by atomic mass is 10.2. The van der Waals surface area contributed by atoms with Gasteiger partial charge in [-0.2, -0.15) is 0 Å². The first-order chi connectivity index (χ1) is 6.49. The first kappa shape index (κ1) is 10.9. The van der Waals surface area contributed by atoms with Crippen molar-refractivity contribution in [1.29, 1.82) is 0 Å². The zero-order chi connectivity index (χ0) is 10.9. The summed E-state index contributed by atoms with van der Waals surface area (Å²) >= 11 is 0. The Balaban J connectivity index is 2.93. The summed E-state index contributed by atoms with van der Waals surface area (Å²) in [7, 11) is 0. The van der Waals surface area contributed by atoms with E-state index in [2.05, 4.69) is 4.99 Å². The van der Waals surface area contributed by atoms with Crippen LogP contribution >= 0.6 is 0 Å². The van der Waals surface area contributed by atoms with Crippen LogP contribution in [0.1, 0.15) is 27.2 Å². The molecular formula is C8H15N3O3. The Morgan fingerprint density at radius 3 is 2.71 bits per heavy atom. The molecule has 0 aromatic carbocycles. The van der Waals surface area contributed by atoms with Gasteiger partial charge in [-0.05, 0) is 20.3 Å². The molecule has 0 fully saturated rings. The van der Waals surface area contributed by atoms with Crippen molar-refractivity contribution in [2.45, 2.75) is 45.6 Å². The molecule has 1 rings (SSSR count). The molecule has 0 aromatic heterocycles. The summed E-state index contributed by atoms with van der Waals surface area (Å²) in [4.78, 5) is 15.9. The van der Waals surface area contributed by atoms with Gasteiger partial charge in [-0.1, -0.05) is 6.92 Å². The molecular weight excluding hydrogens is 186 g/mol. The van der Waals surface area contributed by atoms with Crippen LogP contribution in [0.4, 0.5) is 0 Å². The van der Waals surface area contributed by atoms with Crippen molar-refractivity contribution in [1.82, 2.24) is 4.90 Å². The molecule has 0 radical (unpaired) electrons. The lowest BCUT2D eigenvalue weighted by molar-refractivity contribution is -0.549. The van der Waals surface area contributed by atoms with Crippen LogP contribution in [-0.2, 0) is 0 Å². The summed E-state index contributed by atoms with van der Waals surface area (Å²) in [5.41, 5.74) is 0. The summed E-state index contributed by atoms with van der Waals surface area (Å²) in [5, 5.41) is 20.2. The van der Waals surface area contributed by atoms with E-state index in [1.807, 2.05) is 6.92 Å². The Bertz CT molecular complexity index is 265. The molecule has 0 saturated carbocycles. The molecule has 3 unspecified atom stereocenters. The third kappa shape index (κ3) is 1.70. The monoisotopic (exact) mass is 201 g/mol. The molecule has 0 aliphatic carbocycles. The van der Waals surface area contributed by atoms with Gasteiger partial charge < -0.3 is 5.11 Å². The minimum atomic E-state index is -0.917. The Hall–Kier alpha value is -1.17. The first-order valence-corrected chi connectivity index (χ1v) is 4.63. The molecule has 0 bridgehead atoms. The fraction of sp³-hybridized carbons (Fsp3) is 0.875. The van der Waals surface area contributed by atoms with Crippen molar-refractivity contribution in [2.75, 3.05) is 0 Å². The van der Waals surface area contributed by atoms with Crippen molar-refractivity contribution in [2.24, 2.45) is 4.99 Å². The molecule has 14 heavy (non-hydrogen) atoms. The van der Waals surface area contributed by atoms with Crippen molar-refractivity contribution < 1.29 is 10.0 Å². The Morgan fingerprint density at radius 2 is 2.36 bits per heavy atom. The van der Waals surface area contributed by atoms with Gasteiger partial charge in [0.05, 0.1) is 0 Å². The number of rotatable bonds is 3. The van der Waals surface area contributed by atoms with E-state index in [1.54, 1.807) is 6.92 Å². The Morgan fingerprint density at radius 1 is 1.79 bits per heavy atom. The topological polar surface area (TPSA) is 79.0 Å². The number of hydrogen-bond donors (Lipinski definition) is 1. The Kier molecular flexibility index (Phi) is 3.05. The van der Waals surface area contributed by atoms with E-state index in [-0.39, 0.29) is 11.0 Å². The second-order valence-corrected chi connectivity index (χ2v) is 3.39. The van der Waals surface area contributed by atoms with Crippen LogP contribution in [-0.4, -0.2) is 39.2 Å². The lowest BCUT2D eigenvalue weighted by Crippen LogP contribution is -2.48. The van der Waals surface area contributed by atoms with Gasteiger partial charge in [0.2, 0.25) is 0 Å². The van der Waals surface area contributed by atoms with Crippen LogP contribution in [0.2, 0.25) is 0 Å². The number of aliphatic hydroxyl groups excluding tert-OH is 1. The van der Waals surface area contributed by atoms with E-state index in [9.17, 15) is 15.2 Å². The third-order valence-corrected chi connectivity index (χ3v) is 2.39. The largest absolute Gasteiger partial charge is 0.374 e. The van der Waals surface area contributed by atoms with E-state index >= 15 is 0 Å². The molecule has 1 aliphatic heterocycles. The van der Waals surface area contributed by atoms with Gasteiger partial charge in [0, 0.05) is 4.92 Å². The van der Waals surface area contributed by atoms with E-state index in [1.165, 1.54) is 11.8 Å². The average molecular weight is 201 g/mol. The molecule has 1 aliphatic rings. The predicted molar refractivity (Wildman–Crippen MR) is 51.5 cm³/mol. The molecule has 1 heterocycles.